The van der Waals surface area contributed by atoms with Crippen LogP contribution in [0, 0.1) is 0 Å². The first-order valence-corrected chi connectivity index (χ1v) is 11.6. The van der Waals surface area contributed by atoms with Gasteiger partial charge in [-0.2, -0.15) is 0 Å². The number of anilines is 1. The molecule has 1 fully saturated rings. The lowest BCUT2D eigenvalue weighted by molar-refractivity contribution is -0.0504. The number of nitrogens with zero attached hydrogens (tertiary/aromatic N) is 4. The van der Waals surface area contributed by atoms with E-state index < -0.39 is 39.0 Å². The molecule has 0 saturated carbocycles. The first kappa shape index (κ1) is 23.5. The number of hydrogen-bond donors (Lipinski definition) is 5. The summed E-state index contributed by atoms with van der Waals surface area (Å²) in [6, 6.07) is 7.60. The molecule has 33 heavy (non-hydrogen) atoms. The van der Waals surface area contributed by atoms with Gasteiger partial charge in [0.1, 0.15) is 30.4 Å². The quantitative estimate of drug-likeness (QED) is 0.268. The van der Waals surface area contributed by atoms with E-state index in [9.17, 15) is 14.8 Å². The van der Waals surface area contributed by atoms with Crippen LogP contribution in [0.3, 0.4) is 0 Å². The fourth-order valence-electron chi connectivity index (χ4n) is 3.56. The molecule has 0 aliphatic carbocycles. The van der Waals surface area contributed by atoms with Crippen LogP contribution in [0.2, 0.25) is 0 Å². The summed E-state index contributed by atoms with van der Waals surface area (Å²) in [6.07, 6.45) is -2.40. The standard InChI is InChI=1S/C19H24N5O8P/c1-2-30-12-6-4-3-5-11(12)7-20-17-14-18(22-9-21-17)24(10-23-14)19-16(26)15(25)13(32-19)8-31-33(27,28)29/h3-6,9-10,13,15-16,19,25-26H,2,7-8H2,1H3,(H,20,21,22)(H2,27,28,29)/t13-,15-,16-,19-/m1/s1. The molecule has 3 heterocycles. The minimum absolute atomic E-state index is 0.332. The largest absolute Gasteiger partial charge is 0.494 e. The lowest BCUT2D eigenvalue weighted by Gasteiger charge is -2.16. The predicted molar refractivity (Wildman–Crippen MR) is 114 cm³/mol. The molecule has 14 heteroatoms. The zero-order valence-corrected chi connectivity index (χ0v) is 18.4. The van der Waals surface area contributed by atoms with Gasteiger partial charge in [0.15, 0.2) is 23.2 Å². The first-order chi connectivity index (χ1) is 15.8. The monoisotopic (exact) mass is 481 g/mol. The molecule has 0 spiro atoms. The molecule has 5 N–H and O–H groups in total. The lowest BCUT2D eigenvalue weighted by atomic mass is 10.1. The summed E-state index contributed by atoms with van der Waals surface area (Å²) < 4.78 is 28.0. The average Bonchev–Trinajstić information content (AvgIpc) is 3.33. The van der Waals surface area contributed by atoms with Crippen LogP contribution in [0.1, 0.15) is 18.7 Å². The van der Waals surface area contributed by atoms with E-state index in [1.54, 1.807) is 0 Å². The van der Waals surface area contributed by atoms with Gasteiger partial charge in [0.2, 0.25) is 0 Å². The number of nitrogens with one attached hydrogen (secondary N) is 1. The van der Waals surface area contributed by atoms with E-state index in [1.165, 1.54) is 17.2 Å². The second-order valence-electron chi connectivity index (χ2n) is 7.27. The highest BCUT2D eigenvalue weighted by atomic mass is 31.2. The smallest absolute Gasteiger partial charge is 0.469 e. The normalized spacial score (nSPS) is 23.2. The maximum absolute atomic E-state index is 10.9. The zero-order valence-electron chi connectivity index (χ0n) is 17.6. The molecular weight excluding hydrogens is 457 g/mol. The number of benzene rings is 1. The van der Waals surface area contributed by atoms with Crippen molar-refractivity contribution in [2.75, 3.05) is 18.5 Å². The summed E-state index contributed by atoms with van der Waals surface area (Å²) in [5.41, 5.74) is 1.67. The van der Waals surface area contributed by atoms with Crippen molar-refractivity contribution in [1.29, 1.82) is 0 Å². The van der Waals surface area contributed by atoms with Crippen LogP contribution in [0.15, 0.2) is 36.9 Å². The van der Waals surface area contributed by atoms with E-state index in [-0.39, 0.29) is 0 Å². The number of phosphoric ester groups is 1. The number of aliphatic hydroxyl groups is 2. The summed E-state index contributed by atoms with van der Waals surface area (Å²) in [7, 11) is -4.76. The van der Waals surface area contributed by atoms with Gasteiger partial charge < -0.3 is 34.8 Å². The third-order valence-corrected chi connectivity index (χ3v) is 5.58. The van der Waals surface area contributed by atoms with Gasteiger partial charge >= 0.3 is 7.82 Å². The molecule has 0 amide bonds. The number of phosphoric acid groups is 1. The van der Waals surface area contributed by atoms with Crippen molar-refractivity contribution in [3.05, 3.63) is 42.5 Å². The number of hydrogen-bond acceptors (Lipinski definition) is 10. The Morgan fingerprint density at radius 2 is 1.97 bits per heavy atom. The highest BCUT2D eigenvalue weighted by Crippen LogP contribution is 2.39. The highest BCUT2D eigenvalue weighted by Gasteiger charge is 2.45. The summed E-state index contributed by atoms with van der Waals surface area (Å²) in [5.74, 6) is 1.20. The number of aliphatic hydroxyl groups excluding tert-OH is 2. The second kappa shape index (κ2) is 9.69. The minimum Gasteiger partial charge on any atom is -0.494 e. The number of aromatic nitrogens is 4. The van der Waals surface area contributed by atoms with Crippen molar-refractivity contribution >= 4 is 24.8 Å². The van der Waals surface area contributed by atoms with E-state index in [4.69, 9.17) is 19.3 Å². The first-order valence-electron chi connectivity index (χ1n) is 10.1. The van der Waals surface area contributed by atoms with Crippen molar-refractivity contribution in [3.63, 3.8) is 0 Å². The van der Waals surface area contributed by atoms with Crippen LogP contribution >= 0.6 is 7.82 Å². The Morgan fingerprint density at radius 1 is 1.18 bits per heavy atom. The van der Waals surface area contributed by atoms with Gasteiger partial charge in [-0.3, -0.25) is 9.09 Å². The van der Waals surface area contributed by atoms with Gasteiger partial charge in [0.05, 0.1) is 19.5 Å². The van der Waals surface area contributed by atoms with Crippen molar-refractivity contribution in [2.45, 2.75) is 38.0 Å². The maximum atomic E-state index is 10.9. The van der Waals surface area contributed by atoms with Gasteiger partial charge in [0.25, 0.3) is 0 Å². The number of ether oxygens (including phenoxy) is 2. The molecule has 178 valence electrons. The number of fused-ring (bicyclic) bond motifs is 1. The van der Waals surface area contributed by atoms with E-state index in [0.717, 1.165) is 11.3 Å². The second-order valence-corrected chi connectivity index (χ2v) is 8.51. The molecule has 3 aromatic rings. The number of rotatable bonds is 9. The molecule has 1 aliphatic rings. The van der Waals surface area contributed by atoms with E-state index in [0.29, 0.717) is 30.1 Å². The Kier molecular flexibility index (Phi) is 6.91. The van der Waals surface area contributed by atoms with Gasteiger partial charge in [-0.25, -0.2) is 19.5 Å². The molecule has 4 atom stereocenters. The summed E-state index contributed by atoms with van der Waals surface area (Å²) in [6.45, 7) is 2.25. The Morgan fingerprint density at radius 3 is 2.73 bits per heavy atom. The SMILES string of the molecule is CCOc1ccccc1CNc1ncnc2c1ncn2[C@@H]1O[C@H](COP(=O)(O)O)[C@@H](O)[C@H]1O. The Balaban J connectivity index is 1.53. The minimum atomic E-state index is -4.76. The van der Waals surface area contributed by atoms with Gasteiger partial charge in [-0.1, -0.05) is 18.2 Å². The predicted octanol–water partition coefficient (Wildman–Crippen LogP) is 0.566. The van der Waals surface area contributed by atoms with Crippen molar-refractivity contribution in [3.8, 4) is 5.75 Å². The van der Waals surface area contributed by atoms with Crippen molar-refractivity contribution < 1.29 is 38.6 Å². The molecular formula is C19H24N5O8P. The van der Waals surface area contributed by atoms with Crippen LogP contribution in [0.4, 0.5) is 5.82 Å². The average molecular weight is 481 g/mol. The van der Waals surface area contributed by atoms with Crippen molar-refractivity contribution in [2.24, 2.45) is 0 Å². The topological polar surface area (TPSA) is 181 Å². The Labute approximate surface area is 188 Å². The fraction of sp³-hybridized carbons (Fsp3) is 0.421. The van der Waals surface area contributed by atoms with Gasteiger partial charge in [-0.15, -0.1) is 0 Å². The maximum Gasteiger partial charge on any atom is 0.469 e. The molecule has 1 aliphatic heterocycles. The summed E-state index contributed by atoms with van der Waals surface area (Å²) in [4.78, 5) is 30.5. The van der Waals surface area contributed by atoms with Crippen LogP contribution in [-0.2, 0) is 20.4 Å². The summed E-state index contributed by atoms with van der Waals surface area (Å²) >= 11 is 0. The van der Waals surface area contributed by atoms with Crippen LogP contribution in [0.5, 0.6) is 5.75 Å². The molecule has 13 nitrogen and oxygen atoms in total. The highest BCUT2D eigenvalue weighted by molar-refractivity contribution is 7.46. The van der Waals surface area contributed by atoms with Gasteiger partial charge in [-0.05, 0) is 13.0 Å². The van der Waals surface area contributed by atoms with Crippen LogP contribution in [-0.4, -0.2) is 71.0 Å². The van der Waals surface area contributed by atoms with E-state index in [1.807, 2.05) is 31.2 Å². The van der Waals surface area contributed by atoms with Crippen molar-refractivity contribution in [1.82, 2.24) is 19.5 Å². The molecule has 2 aromatic heterocycles. The number of para-hydroxylation sites is 1. The third kappa shape index (κ3) is 5.14. The molecule has 4 rings (SSSR count). The molecule has 0 radical (unpaired) electrons. The van der Waals surface area contributed by atoms with Crippen LogP contribution < -0.4 is 10.1 Å². The molecule has 1 saturated heterocycles. The molecule has 0 unspecified atom stereocenters. The Bertz CT molecular complexity index is 1150. The summed E-state index contributed by atoms with van der Waals surface area (Å²) in [5, 5.41) is 23.9. The lowest BCUT2D eigenvalue weighted by Crippen LogP contribution is -2.33. The zero-order chi connectivity index (χ0) is 23.6. The Hall–Kier alpha value is -2.64. The van der Waals surface area contributed by atoms with E-state index >= 15 is 0 Å². The molecule has 0 bridgehead atoms. The van der Waals surface area contributed by atoms with Gasteiger partial charge in [0, 0.05) is 12.1 Å². The molecule has 1 aromatic carbocycles. The fourth-order valence-corrected chi connectivity index (χ4v) is 3.90. The number of imidazole rings is 1. The third-order valence-electron chi connectivity index (χ3n) is 5.10. The van der Waals surface area contributed by atoms with E-state index in [2.05, 4.69) is 24.8 Å². The van der Waals surface area contributed by atoms with Crippen LogP contribution in [0.25, 0.3) is 11.2 Å².